The molecule has 0 radical (unpaired) electrons. The van der Waals surface area contributed by atoms with Crippen molar-refractivity contribution >= 4 is 0 Å². The molecule has 4 rings (SSSR count). The largest absolute Gasteiger partial charge is 0.316 e. The molecule has 4 aliphatic carbocycles. The van der Waals surface area contributed by atoms with Crippen LogP contribution < -0.4 is 5.32 Å². The van der Waals surface area contributed by atoms with Crippen molar-refractivity contribution in [2.45, 2.75) is 57.9 Å². The van der Waals surface area contributed by atoms with Crippen molar-refractivity contribution in [1.82, 2.24) is 5.32 Å². The van der Waals surface area contributed by atoms with E-state index in [1.165, 1.54) is 25.7 Å². The van der Waals surface area contributed by atoms with Crippen LogP contribution in [0.5, 0.6) is 0 Å². The van der Waals surface area contributed by atoms with Crippen molar-refractivity contribution in [2.75, 3.05) is 7.05 Å². The van der Waals surface area contributed by atoms with Crippen molar-refractivity contribution < 1.29 is 0 Å². The van der Waals surface area contributed by atoms with Gasteiger partial charge in [-0.15, -0.1) is 0 Å². The van der Waals surface area contributed by atoms with Crippen LogP contribution in [0.1, 0.15) is 51.9 Å². The Kier molecular flexibility index (Phi) is 2.35. The van der Waals surface area contributed by atoms with Gasteiger partial charge in [-0.3, -0.25) is 0 Å². The second-order valence-electron chi connectivity index (χ2n) is 6.53. The molecule has 0 aromatic rings. The lowest BCUT2D eigenvalue weighted by Crippen LogP contribution is -2.57. The Morgan fingerprint density at radius 2 is 1.80 bits per heavy atom. The number of nitrogens with one attached hydrogen (secondary N) is 1. The summed E-state index contributed by atoms with van der Waals surface area (Å²) in [5.74, 6) is 3.14. The molecule has 0 spiro atoms. The molecule has 2 unspecified atom stereocenters. The summed E-state index contributed by atoms with van der Waals surface area (Å²) in [6, 6.07) is 0.867. The van der Waals surface area contributed by atoms with E-state index in [4.69, 9.17) is 0 Å². The van der Waals surface area contributed by atoms with E-state index in [0.29, 0.717) is 0 Å². The molecule has 0 aliphatic heterocycles. The molecule has 0 amide bonds. The standard InChI is InChI=1S/C14H25N/c1-3-4-14-7-10-5-11(8-14)13(15-2)12(6-10)9-14/h10-13,15H,3-9H2,1-2H3. The van der Waals surface area contributed by atoms with Crippen LogP contribution in [0, 0.1) is 23.2 Å². The van der Waals surface area contributed by atoms with Gasteiger partial charge in [0.2, 0.25) is 0 Å². The molecule has 1 nitrogen and oxygen atoms in total. The van der Waals surface area contributed by atoms with E-state index in [1.54, 1.807) is 19.3 Å². The number of hydrogen-bond acceptors (Lipinski definition) is 1. The van der Waals surface area contributed by atoms with Crippen molar-refractivity contribution in [1.29, 1.82) is 0 Å². The lowest BCUT2D eigenvalue weighted by atomic mass is 9.47. The van der Waals surface area contributed by atoms with Crippen molar-refractivity contribution in [3.63, 3.8) is 0 Å². The average Bonchev–Trinajstić information content (AvgIpc) is 2.16. The van der Waals surface area contributed by atoms with Crippen LogP contribution in [0.4, 0.5) is 0 Å². The Hall–Kier alpha value is -0.0400. The van der Waals surface area contributed by atoms with Crippen LogP contribution in [0.2, 0.25) is 0 Å². The van der Waals surface area contributed by atoms with Crippen LogP contribution in [-0.4, -0.2) is 13.1 Å². The van der Waals surface area contributed by atoms with Gasteiger partial charge in [-0.1, -0.05) is 13.3 Å². The van der Waals surface area contributed by atoms with E-state index in [0.717, 1.165) is 29.2 Å². The molecule has 4 fully saturated rings. The molecular weight excluding hydrogens is 182 g/mol. The van der Waals surface area contributed by atoms with E-state index in [9.17, 15) is 0 Å². The zero-order chi connectivity index (χ0) is 10.5. The maximum absolute atomic E-state index is 3.61. The highest BCUT2D eigenvalue weighted by Crippen LogP contribution is 2.61. The van der Waals surface area contributed by atoms with Gasteiger partial charge in [-0.05, 0) is 68.7 Å². The van der Waals surface area contributed by atoms with Gasteiger partial charge >= 0.3 is 0 Å². The smallest absolute Gasteiger partial charge is 0.0121 e. The van der Waals surface area contributed by atoms with Gasteiger partial charge in [0.1, 0.15) is 0 Å². The first-order chi connectivity index (χ1) is 7.26. The third kappa shape index (κ3) is 1.46. The summed E-state index contributed by atoms with van der Waals surface area (Å²) in [4.78, 5) is 0. The minimum atomic E-state index is 0.790. The Morgan fingerprint density at radius 3 is 2.33 bits per heavy atom. The summed E-state index contributed by atoms with van der Waals surface area (Å²) in [5.41, 5.74) is 0.790. The number of hydrogen-bond donors (Lipinski definition) is 1. The van der Waals surface area contributed by atoms with Crippen LogP contribution in [0.25, 0.3) is 0 Å². The highest BCUT2D eigenvalue weighted by atomic mass is 14.9. The minimum Gasteiger partial charge on any atom is -0.316 e. The highest BCUT2D eigenvalue weighted by Gasteiger charge is 2.54. The summed E-state index contributed by atoms with van der Waals surface area (Å²) in [7, 11) is 2.18. The summed E-state index contributed by atoms with van der Waals surface area (Å²) in [5, 5.41) is 3.61. The zero-order valence-corrected chi connectivity index (χ0v) is 10.3. The number of rotatable bonds is 3. The molecule has 86 valence electrons. The van der Waals surface area contributed by atoms with Gasteiger partial charge in [-0.2, -0.15) is 0 Å². The topological polar surface area (TPSA) is 12.0 Å². The normalized spacial score (nSPS) is 52.4. The van der Waals surface area contributed by atoms with Gasteiger partial charge in [-0.25, -0.2) is 0 Å². The van der Waals surface area contributed by atoms with E-state index >= 15 is 0 Å². The molecule has 4 aliphatic rings. The van der Waals surface area contributed by atoms with E-state index in [2.05, 4.69) is 19.3 Å². The van der Waals surface area contributed by atoms with Gasteiger partial charge in [0.15, 0.2) is 0 Å². The Labute approximate surface area is 94.0 Å². The molecular formula is C14H25N. The van der Waals surface area contributed by atoms with Gasteiger partial charge in [0.05, 0.1) is 0 Å². The fourth-order valence-corrected chi connectivity index (χ4v) is 5.50. The summed E-state index contributed by atoms with van der Waals surface area (Å²) >= 11 is 0. The van der Waals surface area contributed by atoms with Gasteiger partial charge in [0.25, 0.3) is 0 Å². The molecule has 0 heterocycles. The summed E-state index contributed by atoms with van der Waals surface area (Å²) in [6.45, 7) is 2.37. The van der Waals surface area contributed by atoms with Gasteiger partial charge in [0, 0.05) is 6.04 Å². The second kappa shape index (κ2) is 3.48. The van der Waals surface area contributed by atoms with Crippen LogP contribution >= 0.6 is 0 Å². The lowest BCUT2D eigenvalue weighted by Gasteiger charge is -2.60. The molecule has 0 saturated heterocycles. The molecule has 1 N–H and O–H groups in total. The molecule has 2 atom stereocenters. The molecule has 15 heavy (non-hydrogen) atoms. The predicted octanol–water partition coefficient (Wildman–Crippen LogP) is 3.20. The quantitative estimate of drug-likeness (QED) is 0.749. The minimum absolute atomic E-state index is 0.790. The van der Waals surface area contributed by atoms with Crippen LogP contribution in [0.15, 0.2) is 0 Å². The first-order valence-corrected chi connectivity index (χ1v) is 6.93. The summed E-state index contributed by atoms with van der Waals surface area (Å²) < 4.78 is 0. The maximum atomic E-state index is 3.61. The average molecular weight is 207 g/mol. The van der Waals surface area contributed by atoms with E-state index in [-0.39, 0.29) is 0 Å². The van der Waals surface area contributed by atoms with Crippen LogP contribution in [0.3, 0.4) is 0 Å². The Morgan fingerprint density at radius 1 is 1.13 bits per heavy atom. The molecule has 1 heteroatoms. The monoisotopic (exact) mass is 207 g/mol. The maximum Gasteiger partial charge on any atom is 0.0121 e. The lowest BCUT2D eigenvalue weighted by molar-refractivity contribution is -0.0788. The second-order valence-corrected chi connectivity index (χ2v) is 6.53. The Bertz CT molecular complexity index is 232. The van der Waals surface area contributed by atoms with Gasteiger partial charge < -0.3 is 5.32 Å². The fraction of sp³-hybridized carbons (Fsp3) is 1.00. The molecule has 0 aromatic carbocycles. The Balaban J connectivity index is 1.83. The van der Waals surface area contributed by atoms with E-state index < -0.39 is 0 Å². The van der Waals surface area contributed by atoms with Crippen molar-refractivity contribution in [3.8, 4) is 0 Å². The molecule has 0 aromatic heterocycles. The first kappa shape index (κ1) is 10.1. The summed E-state index contributed by atoms with van der Waals surface area (Å²) in [6.07, 6.45) is 10.6. The predicted molar refractivity (Wildman–Crippen MR) is 63.7 cm³/mol. The molecule has 4 saturated carbocycles. The third-order valence-corrected chi connectivity index (χ3v) is 5.51. The van der Waals surface area contributed by atoms with Crippen molar-refractivity contribution in [2.24, 2.45) is 23.2 Å². The van der Waals surface area contributed by atoms with Crippen molar-refractivity contribution in [3.05, 3.63) is 0 Å². The van der Waals surface area contributed by atoms with Crippen LogP contribution in [-0.2, 0) is 0 Å². The zero-order valence-electron chi connectivity index (χ0n) is 10.3. The fourth-order valence-electron chi connectivity index (χ4n) is 5.50. The SMILES string of the molecule is CCCC12CC3CC(C1)C(NC)C(C3)C2. The van der Waals surface area contributed by atoms with E-state index in [1.807, 2.05) is 0 Å². The first-order valence-electron chi connectivity index (χ1n) is 6.93. The molecule has 4 bridgehead atoms. The third-order valence-electron chi connectivity index (χ3n) is 5.51. The highest BCUT2D eigenvalue weighted by molar-refractivity contribution is 5.06.